The van der Waals surface area contributed by atoms with Gasteiger partial charge in [0, 0.05) is 10.7 Å². The molecule has 1 aliphatic rings. The third-order valence-electron chi connectivity index (χ3n) is 4.84. The highest BCUT2D eigenvalue weighted by atomic mass is 35.5. The van der Waals surface area contributed by atoms with Crippen molar-refractivity contribution in [2.24, 2.45) is 0 Å². The van der Waals surface area contributed by atoms with Crippen molar-refractivity contribution in [2.45, 2.75) is 32.2 Å². The first-order valence-electron chi connectivity index (χ1n) is 9.06. The molecule has 0 fully saturated rings. The average molecular weight is 399 g/mol. The fourth-order valence-electron chi connectivity index (χ4n) is 3.45. The Morgan fingerprint density at radius 1 is 1.29 bits per heavy atom. The summed E-state index contributed by atoms with van der Waals surface area (Å²) in [7, 11) is 1.50. The van der Waals surface area contributed by atoms with Crippen LogP contribution in [0.4, 0.5) is 5.69 Å². The lowest BCUT2D eigenvalue weighted by atomic mass is 9.95. The molecule has 8 heteroatoms. The Kier molecular flexibility index (Phi) is 5.00. The second-order valence-electron chi connectivity index (χ2n) is 6.74. The summed E-state index contributed by atoms with van der Waals surface area (Å²) in [5.74, 6) is 0.104. The first-order chi connectivity index (χ1) is 13.5. The number of aromatic nitrogens is 3. The van der Waals surface area contributed by atoms with Gasteiger partial charge in [0.2, 0.25) is 5.91 Å². The summed E-state index contributed by atoms with van der Waals surface area (Å²) in [5.41, 5.74) is 2.72. The molecular weight excluding hydrogens is 380 g/mol. The number of methoxy groups -OCH3 is 1. The number of fused-ring (bicyclic) bond motifs is 2. The molecule has 0 bridgehead atoms. The Bertz CT molecular complexity index is 1130. The van der Waals surface area contributed by atoms with Crippen molar-refractivity contribution in [2.75, 3.05) is 12.4 Å². The van der Waals surface area contributed by atoms with Crippen LogP contribution in [0, 0.1) is 0 Å². The lowest BCUT2D eigenvalue weighted by molar-refractivity contribution is -0.116. The van der Waals surface area contributed by atoms with Gasteiger partial charge in [0.25, 0.3) is 5.56 Å². The summed E-state index contributed by atoms with van der Waals surface area (Å²) in [6.45, 7) is -0.172. The van der Waals surface area contributed by atoms with Crippen LogP contribution in [0.1, 0.15) is 24.1 Å². The summed E-state index contributed by atoms with van der Waals surface area (Å²) in [6, 6.07) is 6.80. The van der Waals surface area contributed by atoms with E-state index < -0.39 is 0 Å². The van der Waals surface area contributed by atoms with E-state index in [4.69, 9.17) is 16.3 Å². The van der Waals surface area contributed by atoms with Crippen LogP contribution in [0.3, 0.4) is 0 Å². The standard InChI is InChI=1S/C20H19ClN4O3/c1-28-17-7-6-13(21)9-16(17)23-18(26)10-25-11-22-19-14(20(25)27)8-12-4-2-3-5-15(12)24-19/h6-9,11H,2-5,10H2,1H3,(H,23,26). The van der Waals surface area contributed by atoms with E-state index in [1.165, 1.54) is 18.0 Å². The minimum absolute atomic E-state index is 0.172. The lowest BCUT2D eigenvalue weighted by Gasteiger charge is -2.15. The van der Waals surface area contributed by atoms with Gasteiger partial charge in [0.05, 0.1) is 18.2 Å². The van der Waals surface area contributed by atoms with Crippen LogP contribution in [0.5, 0.6) is 5.75 Å². The van der Waals surface area contributed by atoms with E-state index in [1.54, 1.807) is 18.2 Å². The normalized spacial score (nSPS) is 13.2. The number of anilines is 1. The van der Waals surface area contributed by atoms with Gasteiger partial charge in [0.15, 0.2) is 5.65 Å². The van der Waals surface area contributed by atoms with Gasteiger partial charge in [-0.25, -0.2) is 9.97 Å². The molecule has 7 nitrogen and oxygen atoms in total. The van der Waals surface area contributed by atoms with Gasteiger partial charge in [-0.1, -0.05) is 11.6 Å². The number of hydrogen-bond acceptors (Lipinski definition) is 5. The van der Waals surface area contributed by atoms with E-state index in [1.807, 2.05) is 6.07 Å². The van der Waals surface area contributed by atoms with Crippen LogP contribution in [-0.4, -0.2) is 27.6 Å². The van der Waals surface area contributed by atoms with E-state index in [2.05, 4.69) is 15.3 Å². The van der Waals surface area contributed by atoms with Crippen molar-refractivity contribution in [1.82, 2.24) is 14.5 Å². The Morgan fingerprint density at radius 3 is 2.93 bits per heavy atom. The van der Waals surface area contributed by atoms with Gasteiger partial charge in [-0.15, -0.1) is 0 Å². The maximum Gasteiger partial charge on any atom is 0.263 e. The molecule has 0 aliphatic heterocycles. The van der Waals surface area contributed by atoms with Crippen molar-refractivity contribution in [3.63, 3.8) is 0 Å². The van der Waals surface area contributed by atoms with Crippen LogP contribution in [0.2, 0.25) is 5.02 Å². The number of halogens is 1. The summed E-state index contributed by atoms with van der Waals surface area (Å²) >= 11 is 5.99. The van der Waals surface area contributed by atoms with Gasteiger partial charge >= 0.3 is 0 Å². The summed E-state index contributed by atoms with van der Waals surface area (Å²) in [4.78, 5) is 34.1. The third-order valence-corrected chi connectivity index (χ3v) is 5.08. The number of rotatable bonds is 4. The molecule has 0 unspecified atom stereocenters. The highest BCUT2D eigenvalue weighted by Crippen LogP contribution is 2.27. The highest BCUT2D eigenvalue weighted by molar-refractivity contribution is 6.31. The minimum atomic E-state index is -0.380. The fourth-order valence-corrected chi connectivity index (χ4v) is 3.62. The second kappa shape index (κ2) is 7.59. The molecule has 1 N–H and O–H groups in total. The number of nitrogens with one attached hydrogen (secondary N) is 1. The van der Waals surface area contributed by atoms with E-state index in [0.717, 1.165) is 36.9 Å². The highest BCUT2D eigenvalue weighted by Gasteiger charge is 2.16. The van der Waals surface area contributed by atoms with Crippen molar-refractivity contribution >= 4 is 34.2 Å². The summed E-state index contributed by atoms with van der Waals surface area (Å²) < 4.78 is 6.51. The number of carbonyl (C=O) groups excluding carboxylic acids is 1. The number of pyridine rings is 1. The topological polar surface area (TPSA) is 86.1 Å². The predicted molar refractivity (Wildman–Crippen MR) is 107 cm³/mol. The number of nitrogens with zero attached hydrogens (tertiary/aromatic N) is 3. The third kappa shape index (κ3) is 3.57. The smallest absolute Gasteiger partial charge is 0.263 e. The molecule has 4 rings (SSSR count). The first-order valence-corrected chi connectivity index (χ1v) is 9.44. The summed E-state index contributed by atoms with van der Waals surface area (Å²) in [6.07, 6.45) is 5.40. The molecule has 144 valence electrons. The molecule has 0 atom stereocenters. The number of benzene rings is 1. The number of carbonyl (C=O) groups is 1. The number of aryl methyl sites for hydroxylation is 2. The van der Waals surface area contributed by atoms with E-state index in [-0.39, 0.29) is 18.0 Å². The van der Waals surface area contributed by atoms with Gasteiger partial charge in [-0.2, -0.15) is 0 Å². The van der Waals surface area contributed by atoms with Crippen LogP contribution in [-0.2, 0) is 24.2 Å². The molecule has 2 aromatic heterocycles. The maximum atomic E-state index is 12.8. The predicted octanol–water partition coefficient (Wildman–Crippen LogP) is 2.97. The SMILES string of the molecule is COc1ccc(Cl)cc1NC(=O)Cn1cnc2nc3c(cc2c1=O)CCCC3. The van der Waals surface area contributed by atoms with E-state index >= 15 is 0 Å². The maximum absolute atomic E-state index is 12.8. The van der Waals surface area contributed by atoms with Gasteiger partial charge < -0.3 is 10.1 Å². The molecule has 0 saturated carbocycles. The quantitative estimate of drug-likeness (QED) is 0.730. The zero-order valence-electron chi connectivity index (χ0n) is 15.4. The van der Waals surface area contributed by atoms with Gasteiger partial charge in [-0.3, -0.25) is 14.2 Å². The van der Waals surface area contributed by atoms with E-state index in [9.17, 15) is 9.59 Å². The largest absolute Gasteiger partial charge is 0.495 e. The molecule has 1 aromatic carbocycles. The van der Waals surface area contributed by atoms with Crippen molar-refractivity contribution in [3.8, 4) is 5.75 Å². The first kappa shape index (κ1) is 18.4. The second-order valence-corrected chi connectivity index (χ2v) is 7.18. The van der Waals surface area contributed by atoms with Gasteiger partial charge in [0.1, 0.15) is 18.6 Å². The Labute approximate surface area is 166 Å². The van der Waals surface area contributed by atoms with Crippen LogP contribution in [0.15, 0.2) is 35.4 Å². The Hall–Kier alpha value is -2.93. The van der Waals surface area contributed by atoms with E-state index in [0.29, 0.717) is 27.5 Å². The Morgan fingerprint density at radius 2 is 2.11 bits per heavy atom. The monoisotopic (exact) mass is 398 g/mol. The number of amides is 1. The zero-order valence-corrected chi connectivity index (χ0v) is 16.1. The van der Waals surface area contributed by atoms with Gasteiger partial charge in [-0.05, 0) is 55.5 Å². The molecular formula is C20H19ClN4O3. The van der Waals surface area contributed by atoms with Crippen LogP contribution in [0.25, 0.3) is 11.0 Å². The molecule has 0 spiro atoms. The van der Waals surface area contributed by atoms with Crippen molar-refractivity contribution in [1.29, 1.82) is 0 Å². The fraction of sp³-hybridized carbons (Fsp3) is 0.300. The zero-order chi connectivity index (χ0) is 19.7. The van der Waals surface area contributed by atoms with Crippen molar-refractivity contribution in [3.05, 3.63) is 57.2 Å². The molecule has 28 heavy (non-hydrogen) atoms. The van der Waals surface area contributed by atoms with Crippen molar-refractivity contribution < 1.29 is 9.53 Å². The summed E-state index contributed by atoms with van der Waals surface area (Å²) in [5, 5.41) is 3.63. The molecule has 3 aromatic rings. The average Bonchev–Trinajstić information content (AvgIpc) is 2.69. The minimum Gasteiger partial charge on any atom is -0.495 e. The number of ether oxygens (including phenoxy) is 1. The molecule has 2 heterocycles. The molecule has 0 saturated heterocycles. The molecule has 1 aliphatic carbocycles. The van der Waals surface area contributed by atoms with Crippen LogP contribution < -0.4 is 15.6 Å². The van der Waals surface area contributed by atoms with Crippen LogP contribution >= 0.6 is 11.6 Å². The molecule has 1 amide bonds. The number of hydrogen-bond donors (Lipinski definition) is 1. The molecule has 0 radical (unpaired) electrons. The lowest BCUT2D eigenvalue weighted by Crippen LogP contribution is -2.28. The Balaban J connectivity index is 1.61.